The fourth-order valence-electron chi connectivity index (χ4n) is 3.51. The first kappa shape index (κ1) is 25.5. The summed E-state index contributed by atoms with van der Waals surface area (Å²) in [5.74, 6) is 0.367. The summed E-state index contributed by atoms with van der Waals surface area (Å²) in [6.45, 7) is 2.27. The van der Waals surface area contributed by atoms with Crippen LogP contribution in [0.5, 0.6) is 0 Å². The Bertz CT molecular complexity index is 658. The Morgan fingerprint density at radius 1 is 0.846 bits per heavy atom. The third-order valence-electron chi connectivity index (χ3n) is 4.71. The predicted molar refractivity (Wildman–Crippen MR) is 94.2 cm³/mol. The van der Waals surface area contributed by atoms with Gasteiger partial charge < -0.3 is 37.2 Å². The minimum absolute atomic E-state index is 0. The Morgan fingerprint density at radius 3 is 1.81 bits per heavy atom. The van der Waals surface area contributed by atoms with Crippen LogP contribution in [0.25, 0.3) is 0 Å². The van der Waals surface area contributed by atoms with Gasteiger partial charge in [-0.2, -0.15) is 0 Å². The van der Waals surface area contributed by atoms with Crippen LogP contribution in [0.4, 0.5) is 0 Å². The van der Waals surface area contributed by atoms with Crippen LogP contribution in [0.1, 0.15) is 43.2 Å². The molecule has 2 aromatic rings. The zero-order valence-corrected chi connectivity index (χ0v) is 18.7. The van der Waals surface area contributed by atoms with Crippen molar-refractivity contribution in [1.82, 2.24) is 0 Å². The average Bonchev–Trinajstić information content (AvgIpc) is 2.96. The largest absolute Gasteiger partial charge is 1.00 e. The molecule has 0 fully saturated rings. The second kappa shape index (κ2) is 12.1. The molecule has 0 saturated heterocycles. The van der Waals surface area contributed by atoms with Crippen molar-refractivity contribution in [3.63, 3.8) is 0 Å². The SMILES string of the molecule is CCCCC1=CC=C[C]1([Ti+3])C(c1ccccc1)c1ccccc1.[Cl-].[Cl-].[Cl-]. The van der Waals surface area contributed by atoms with E-state index in [0.717, 1.165) is 0 Å². The smallest absolute Gasteiger partial charge is 1.00 e. The number of hydrogen-bond acceptors (Lipinski definition) is 0. The van der Waals surface area contributed by atoms with E-state index in [9.17, 15) is 0 Å². The Kier molecular flexibility index (Phi) is 11.8. The number of hydrogen-bond donors (Lipinski definition) is 0. The Labute approximate surface area is 188 Å². The second-order valence-electron chi connectivity index (χ2n) is 6.28. The molecule has 0 nitrogen and oxygen atoms in total. The topological polar surface area (TPSA) is 0 Å². The summed E-state index contributed by atoms with van der Waals surface area (Å²) < 4.78 is 0.0673. The molecule has 0 spiro atoms. The standard InChI is InChI=1S/C22H23.3ClH.Ti/c1-2-3-11-18-16-10-17-21(18)22(19-12-6-4-7-13-19)20-14-8-5-9-15-20;;;;/h4-10,12-17,22H,2-3,11H2,1H3;3*1H;/q;;;;+3/p-3. The zero-order chi connectivity index (χ0) is 16.1. The van der Waals surface area contributed by atoms with E-state index in [2.05, 4.69) is 106 Å². The molecular weight excluding hydrogens is 418 g/mol. The number of allylic oxidation sites excluding steroid dienone is 4. The molecule has 4 heteroatoms. The van der Waals surface area contributed by atoms with Crippen LogP contribution in [0.3, 0.4) is 0 Å². The second-order valence-corrected chi connectivity index (χ2v) is 7.57. The van der Waals surface area contributed by atoms with Crippen molar-refractivity contribution in [2.45, 2.75) is 35.8 Å². The van der Waals surface area contributed by atoms with Crippen LogP contribution in [-0.4, -0.2) is 0 Å². The van der Waals surface area contributed by atoms with Crippen LogP contribution < -0.4 is 37.2 Å². The van der Waals surface area contributed by atoms with Gasteiger partial charge >= 0.3 is 152 Å². The van der Waals surface area contributed by atoms with Gasteiger partial charge in [0.1, 0.15) is 0 Å². The van der Waals surface area contributed by atoms with Crippen molar-refractivity contribution in [2.75, 3.05) is 0 Å². The summed E-state index contributed by atoms with van der Waals surface area (Å²) in [6.07, 6.45) is 10.7. The normalized spacial score (nSPS) is 17.8. The minimum atomic E-state index is 0. The number of unbranched alkanes of at least 4 members (excludes halogenated alkanes) is 1. The van der Waals surface area contributed by atoms with Gasteiger partial charge in [-0.3, -0.25) is 0 Å². The van der Waals surface area contributed by atoms with E-state index < -0.39 is 0 Å². The molecule has 0 radical (unpaired) electrons. The van der Waals surface area contributed by atoms with E-state index in [0.29, 0.717) is 5.92 Å². The zero-order valence-electron chi connectivity index (χ0n) is 14.8. The average molecular weight is 442 g/mol. The third-order valence-corrected chi connectivity index (χ3v) is 5.92. The summed E-state index contributed by atoms with van der Waals surface area (Å²) in [6, 6.07) is 21.9. The molecule has 0 saturated carbocycles. The number of rotatable bonds is 6. The summed E-state index contributed by atoms with van der Waals surface area (Å²) >= 11 is 2.41. The molecule has 1 aliphatic rings. The summed E-state index contributed by atoms with van der Waals surface area (Å²) in [5.41, 5.74) is 4.36. The molecule has 1 aliphatic carbocycles. The van der Waals surface area contributed by atoms with Crippen molar-refractivity contribution in [2.24, 2.45) is 0 Å². The van der Waals surface area contributed by atoms with Gasteiger partial charge in [0.2, 0.25) is 0 Å². The first-order valence-corrected chi connectivity index (χ1v) is 9.27. The van der Waals surface area contributed by atoms with Crippen molar-refractivity contribution in [3.8, 4) is 0 Å². The van der Waals surface area contributed by atoms with Crippen LogP contribution in [-0.2, 0) is 20.4 Å². The molecule has 0 N–H and O–H groups in total. The van der Waals surface area contributed by atoms with Gasteiger partial charge in [0.05, 0.1) is 0 Å². The fraction of sp³-hybridized carbons (Fsp3) is 0.273. The van der Waals surface area contributed by atoms with Gasteiger partial charge in [-0.1, -0.05) is 0 Å². The van der Waals surface area contributed by atoms with E-state index in [-0.39, 0.29) is 40.9 Å². The monoisotopic (exact) mass is 440 g/mol. The van der Waals surface area contributed by atoms with Crippen molar-refractivity contribution < 1.29 is 57.7 Å². The van der Waals surface area contributed by atoms with E-state index in [1.54, 1.807) is 5.57 Å². The molecule has 1 atom stereocenters. The molecule has 136 valence electrons. The van der Waals surface area contributed by atoms with Gasteiger partial charge in [0, 0.05) is 0 Å². The van der Waals surface area contributed by atoms with Gasteiger partial charge in [-0.25, -0.2) is 0 Å². The van der Waals surface area contributed by atoms with Gasteiger partial charge in [0.15, 0.2) is 0 Å². The molecule has 26 heavy (non-hydrogen) atoms. The van der Waals surface area contributed by atoms with Crippen LogP contribution in [0.2, 0.25) is 3.72 Å². The Hall–Kier alpha value is -0.496. The third kappa shape index (κ3) is 5.50. The fourth-order valence-corrected chi connectivity index (χ4v) is 4.51. The van der Waals surface area contributed by atoms with Gasteiger partial charge in [-0.15, -0.1) is 0 Å². The molecule has 0 aromatic heterocycles. The molecule has 0 heterocycles. The molecule has 1 unspecified atom stereocenters. The molecular formula is C22H23Cl3Ti. The molecule has 2 aromatic carbocycles. The minimum Gasteiger partial charge on any atom is -1.00 e. The first-order valence-electron chi connectivity index (χ1n) is 8.49. The van der Waals surface area contributed by atoms with Crippen molar-refractivity contribution in [1.29, 1.82) is 0 Å². The van der Waals surface area contributed by atoms with Crippen LogP contribution >= 0.6 is 0 Å². The van der Waals surface area contributed by atoms with Crippen molar-refractivity contribution >= 4 is 0 Å². The van der Waals surface area contributed by atoms with E-state index in [1.807, 2.05) is 0 Å². The Morgan fingerprint density at radius 2 is 1.35 bits per heavy atom. The predicted octanol–water partition coefficient (Wildman–Crippen LogP) is -2.78. The van der Waals surface area contributed by atoms with Gasteiger partial charge in [0.25, 0.3) is 0 Å². The van der Waals surface area contributed by atoms with E-state index in [1.165, 1.54) is 30.4 Å². The molecule has 0 amide bonds. The number of benzene rings is 2. The summed E-state index contributed by atoms with van der Waals surface area (Å²) in [4.78, 5) is 0. The van der Waals surface area contributed by atoms with Crippen LogP contribution in [0, 0.1) is 0 Å². The first-order chi connectivity index (χ1) is 11.3. The van der Waals surface area contributed by atoms with E-state index >= 15 is 0 Å². The number of halogens is 3. The molecule has 3 rings (SSSR count). The maximum absolute atomic E-state index is 2.41. The van der Waals surface area contributed by atoms with Gasteiger partial charge in [-0.05, 0) is 0 Å². The van der Waals surface area contributed by atoms with Crippen LogP contribution in [0.15, 0.2) is 84.5 Å². The molecule has 0 bridgehead atoms. The van der Waals surface area contributed by atoms with E-state index in [4.69, 9.17) is 0 Å². The maximum atomic E-state index is 2.41. The maximum Gasteiger partial charge on any atom is -1.00 e. The van der Waals surface area contributed by atoms with Crippen molar-refractivity contribution in [3.05, 3.63) is 95.6 Å². The summed E-state index contributed by atoms with van der Waals surface area (Å²) in [5, 5.41) is 0. The molecule has 0 aliphatic heterocycles. The quantitative estimate of drug-likeness (QED) is 0.426. The summed E-state index contributed by atoms with van der Waals surface area (Å²) in [7, 11) is 0. The Balaban J connectivity index is 0.00000208.